The van der Waals surface area contributed by atoms with Crippen LogP contribution >= 0.6 is 0 Å². The SMILES string of the molecule is CCCN(CC(=O)OC)C(C)=O. The van der Waals surface area contributed by atoms with Crippen LogP contribution in [0.4, 0.5) is 0 Å². The van der Waals surface area contributed by atoms with Crippen LogP contribution in [0.15, 0.2) is 0 Å². The highest BCUT2D eigenvalue weighted by Gasteiger charge is 2.11. The Morgan fingerprint density at radius 2 is 2.00 bits per heavy atom. The van der Waals surface area contributed by atoms with E-state index in [1.54, 1.807) is 0 Å². The number of ether oxygens (including phenoxy) is 1. The number of esters is 1. The standard InChI is InChI=1S/C8H15NO3/c1-4-5-9(7(2)10)6-8(11)12-3/h4-6H2,1-3H3. The molecule has 4 nitrogen and oxygen atoms in total. The molecule has 0 saturated carbocycles. The number of nitrogens with zero attached hydrogens (tertiary/aromatic N) is 1. The van der Waals surface area contributed by atoms with Crippen molar-refractivity contribution in [3.63, 3.8) is 0 Å². The van der Waals surface area contributed by atoms with Gasteiger partial charge in [-0.2, -0.15) is 0 Å². The molecule has 12 heavy (non-hydrogen) atoms. The van der Waals surface area contributed by atoms with Gasteiger partial charge in [0.25, 0.3) is 0 Å². The lowest BCUT2D eigenvalue weighted by atomic mass is 10.4. The van der Waals surface area contributed by atoms with E-state index in [9.17, 15) is 9.59 Å². The van der Waals surface area contributed by atoms with Crippen LogP contribution in [0.1, 0.15) is 20.3 Å². The largest absolute Gasteiger partial charge is 0.468 e. The lowest BCUT2D eigenvalue weighted by Gasteiger charge is -2.18. The normalized spacial score (nSPS) is 9.25. The molecule has 0 aliphatic rings. The van der Waals surface area contributed by atoms with E-state index in [2.05, 4.69) is 4.74 Å². The highest BCUT2D eigenvalue weighted by Crippen LogP contribution is 1.92. The lowest BCUT2D eigenvalue weighted by Crippen LogP contribution is -2.35. The van der Waals surface area contributed by atoms with Crippen LogP contribution in [-0.2, 0) is 14.3 Å². The molecule has 4 heteroatoms. The minimum Gasteiger partial charge on any atom is -0.468 e. The summed E-state index contributed by atoms with van der Waals surface area (Å²) in [6.07, 6.45) is 0.844. The van der Waals surface area contributed by atoms with Gasteiger partial charge in [0.05, 0.1) is 7.11 Å². The smallest absolute Gasteiger partial charge is 0.325 e. The molecule has 70 valence electrons. The first-order valence-corrected chi connectivity index (χ1v) is 3.94. The predicted molar refractivity (Wildman–Crippen MR) is 44.6 cm³/mol. The van der Waals surface area contributed by atoms with Crippen molar-refractivity contribution in [2.45, 2.75) is 20.3 Å². The number of carbonyl (C=O) groups excluding carboxylic acids is 2. The zero-order chi connectivity index (χ0) is 9.56. The lowest BCUT2D eigenvalue weighted by molar-refractivity contribution is -0.146. The van der Waals surface area contributed by atoms with Crippen LogP contribution in [0.3, 0.4) is 0 Å². The Morgan fingerprint density at radius 3 is 2.33 bits per heavy atom. The van der Waals surface area contributed by atoms with Gasteiger partial charge in [-0.15, -0.1) is 0 Å². The van der Waals surface area contributed by atoms with Gasteiger partial charge in [0.2, 0.25) is 5.91 Å². The molecule has 0 aromatic carbocycles. The Morgan fingerprint density at radius 1 is 1.42 bits per heavy atom. The first-order valence-electron chi connectivity index (χ1n) is 3.94. The quantitative estimate of drug-likeness (QED) is 0.579. The molecule has 0 unspecified atom stereocenters. The first kappa shape index (κ1) is 10.9. The van der Waals surface area contributed by atoms with Crippen molar-refractivity contribution in [2.75, 3.05) is 20.2 Å². The highest BCUT2D eigenvalue weighted by molar-refractivity contribution is 5.80. The van der Waals surface area contributed by atoms with Gasteiger partial charge in [-0.3, -0.25) is 9.59 Å². The van der Waals surface area contributed by atoms with E-state index >= 15 is 0 Å². The van der Waals surface area contributed by atoms with Gasteiger partial charge in [0.1, 0.15) is 6.54 Å². The molecule has 0 fully saturated rings. The van der Waals surface area contributed by atoms with Gasteiger partial charge >= 0.3 is 5.97 Å². The van der Waals surface area contributed by atoms with Crippen LogP contribution < -0.4 is 0 Å². The van der Waals surface area contributed by atoms with E-state index in [1.165, 1.54) is 18.9 Å². The fraction of sp³-hybridized carbons (Fsp3) is 0.750. The summed E-state index contributed by atoms with van der Waals surface area (Å²) >= 11 is 0. The number of hydrogen-bond acceptors (Lipinski definition) is 3. The molecule has 0 rings (SSSR count). The Labute approximate surface area is 72.5 Å². The molecular weight excluding hydrogens is 158 g/mol. The fourth-order valence-electron chi connectivity index (χ4n) is 0.838. The van der Waals surface area contributed by atoms with Crippen LogP contribution in [0.2, 0.25) is 0 Å². The molecular formula is C8H15NO3. The third kappa shape index (κ3) is 3.95. The summed E-state index contributed by atoms with van der Waals surface area (Å²) in [5.74, 6) is -0.471. The molecule has 0 radical (unpaired) electrons. The number of carbonyl (C=O) groups is 2. The zero-order valence-electron chi connectivity index (χ0n) is 7.79. The summed E-state index contributed by atoms with van der Waals surface area (Å²) in [4.78, 5) is 23.2. The highest BCUT2D eigenvalue weighted by atomic mass is 16.5. The van der Waals surface area contributed by atoms with E-state index in [0.29, 0.717) is 6.54 Å². The summed E-state index contributed by atoms with van der Waals surface area (Å²) in [6.45, 7) is 4.05. The van der Waals surface area contributed by atoms with Gasteiger partial charge in [-0.25, -0.2) is 0 Å². The third-order valence-corrected chi connectivity index (χ3v) is 1.49. The summed E-state index contributed by atoms with van der Waals surface area (Å²) in [6, 6.07) is 0. The van der Waals surface area contributed by atoms with Crippen molar-refractivity contribution in [3.8, 4) is 0 Å². The molecule has 0 aliphatic carbocycles. The number of hydrogen-bond donors (Lipinski definition) is 0. The maximum Gasteiger partial charge on any atom is 0.325 e. The number of rotatable bonds is 4. The average molecular weight is 173 g/mol. The summed E-state index contributed by atoms with van der Waals surface area (Å²) in [5, 5.41) is 0. The summed E-state index contributed by atoms with van der Waals surface area (Å²) in [7, 11) is 1.31. The first-order chi connectivity index (χ1) is 5.61. The molecule has 0 aliphatic heterocycles. The minimum absolute atomic E-state index is 0.0552. The summed E-state index contributed by atoms with van der Waals surface area (Å²) in [5.41, 5.74) is 0. The molecule has 0 bridgehead atoms. The maximum absolute atomic E-state index is 10.9. The van der Waals surface area contributed by atoms with Crippen molar-refractivity contribution in [1.29, 1.82) is 0 Å². The third-order valence-electron chi connectivity index (χ3n) is 1.49. The monoisotopic (exact) mass is 173 g/mol. The van der Waals surface area contributed by atoms with E-state index < -0.39 is 0 Å². The van der Waals surface area contributed by atoms with Crippen LogP contribution in [-0.4, -0.2) is 37.0 Å². The predicted octanol–water partition coefficient (Wildman–Crippen LogP) is 0.418. The van der Waals surface area contributed by atoms with Gasteiger partial charge in [-0.05, 0) is 6.42 Å². The molecule has 0 aromatic rings. The fourth-order valence-corrected chi connectivity index (χ4v) is 0.838. The van der Waals surface area contributed by atoms with Crippen molar-refractivity contribution >= 4 is 11.9 Å². The molecule has 0 saturated heterocycles. The van der Waals surface area contributed by atoms with Crippen molar-refractivity contribution < 1.29 is 14.3 Å². The molecule has 0 atom stereocenters. The number of amides is 1. The van der Waals surface area contributed by atoms with Gasteiger partial charge < -0.3 is 9.64 Å². The second-order valence-electron chi connectivity index (χ2n) is 2.52. The zero-order valence-corrected chi connectivity index (χ0v) is 7.79. The average Bonchev–Trinajstić information content (AvgIpc) is 2.03. The van der Waals surface area contributed by atoms with E-state index in [4.69, 9.17) is 0 Å². The Kier molecular flexibility index (Phi) is 5.08. The second-order valence-corrected chi connectivity index (χ2v) is 2.52. The van der Waals surface area contributed by atoms with Gasteiger partial charge in [-0.1, -0.05) is 6.92 Å². The van der Waals surface area contributed by atoms with Gasteiger partial charge in [0, 0.05) is 13.5 Å². The Balaban J connectivity index is 3.95. The van der Waals surface area contributed by atoms with E-state index in [0.717, 1.165) is 6.42 Å². The Hall–Kier alpha value is -1.06. The van der Waals surface area contributed by atoms with Crippen LogP contribution in [0.25, 0.3) is 0 Å². The van der Waals surface area contributed by atoms with E-state index in [1.807, 2.05) is 6.92 Å². The molecule has 1 amide bonds. The Bertz CT molecular complexity index is 166. The van der Waals surface area contributed by atoms with Crippen LogP contribution in [0.5, 0.6) is 0 Å². The maximum atomic E-state index is 10.9. The number of methoxy groups -OCH3 is 1. The topological polar surface area (TPSA) is 46.6 Å². The van der Waals surface area contributed by atoms with Crippen molar-refractivity contribution in [2.24, 2.45) is 0 Å². The van der Waals surface area contributed by atoms with Crippen molar-refractivity contribution in [1.82, 2.24) is 4.90 Å². The molecule has 0 spiro atoms. The molecule has 0 N–H and O–H groups in total. The molecule has 0 heterocycles. The van der Waals surface area contributed by atoms with E-state index in [-0.39, 0.29) is 18.4 Å². The molecule has 0 aromatic heterocycles. The van der Waals surface area contributed by atoms with Crippen LogP contribution in [0, 0.1) is 0 Å². The minimum atomic E-state index is -0.376. The second kappa shape index (κ2) is 5.57. The summed E-state index contributed by atoms with van der Waals surface area (Å²) < 4.78 is 4.44. The van der Waals surface area contributed by atoms with Gasteiger partial charge in [0.15, 0.2) is 0 Å². The van der Waals surface area contributed by atoms with Crippen molar-refractivity contribution in [3.05, 3.63) is 0 Å².